The summed E-state index contributed by atoms with van der Waals surface area (Å²) in [6, 6.07) is 0. The van der Waals surface area contributed by atoms with Crippen molar-refractivity contribution in [2.45, 2.75) is 26.4 Å². The van der Waals surface area contributed by atoms with E-state index in [1.807, 2.05) is 22.6 Å². The van der Waals surface area contributed by atoms with Gasteiger partial charge in [-0.3, -0.25) is 0 Å². The predicted octanol–water partition coefficient (Wildman–Crippen LogP) is 2.33. The Bertz CT molecular complexity index is 117. The second-order valence-electron chi connectivity index (χ2n) is 2.72. The van der Waals surface area contributed by atoms with E-state index in [9.17, 15) is 4.79 Å². The van der Waals surface area contributed by atoms with Gasteiger partial charge in [-0.2, -0.15) is 0 Å². The summed E-state index contributed by atoms with van der Waals surface area (Å²) in [5.74, 6) is 0. The fourth-order valence-electron chi connectivity index (χ4n) is 0.324. The first-order chi connectivity index (χ1) is 4.45. The molecule has 0 amide bonds. The largest absolute Gasteiger partial charge is 0.509 e. The Hall–Kier alpha value is 0. The molecule has 0 fully saturated rings. The molecule has 0 radical (unpaired) electrons. The fraction of sp³-hybridized carbons (Fsp3) is 0.833. The van der Waals surface area contributed by atoms with Crippen LogP contribution in [0.1, 0.15) is 20.8 Å². The Kier molecular flexibility index (Phi) is 4.00. The second kappa shape index (κ2) is 4.00. The van der Waals surface area contributed by atoms with E-state index in [-0.39, 0.29) is 0 Å². The molecular weight excluding hydrogens is 247 g/mol. The molecule has 0 rings (SSSR count). The van der Waals surface area contributed by atoms with Crippen molar-refractivity contribution in [1.82, 2.24) is 0 Å². The molecule has 0 aromatic rings. The highest BCUT2D eigenvalue weighted by Crippen LogP contribution is 2.08. The number of hydrogen-bond donors (Lipinski definition) is 0. The molecule has 0 aromatic carbocycles. The van der Waals surface area contributed by atoms with Crippen LogP contribution in [0.4, 0.5) is 4.79 Å². The molecule has 0 N–H and O–H groups in total. The fourth-order valence-corrected chi connectivity index (χ4v) is 0.578. The Morgan fingerprint density at radius 3 is 2.30 bits per heavy atom. The van der Waals surface area contributed by atoms with Crippen LogP contribution in [-0.2, 0) is 9.47 Å². The number of halogens is 1. The molecule has 0 aromatic heterocycles. The number of rotatable bonds is 1. The van der Waals surface area contributed by atoms with E-state index >= 15 is 0 Å². The van der Waals surface area contributed by atoms with Gasteiger partial charge in [0.25, 0.3) is 0 Å². The van der Waals surface area contributed by atoms with Crippen molar-refractivity contribution in [3.63, 3.8) is 0 Å². The zero-order valence-corrected chi connectivity index (χ0v) is 8.47. The van der Waals surface area contributed by atoms with Gasteiger partial charge in [0, 0.05) is 0 Å². The van der Waals surface area contributed by atoms with Crippen molar-refractivity contribution in [3.8, 4) is 0 Å². The normalized spacial score (nSPS) is 10.8. The van der Waals surface area contributed by atoms with E-state index in [4.69, 9.17) is 4.74 Å². The van der Waals surface area contributed by atoms with Gasteiger partial charge in [0.15, 0.2) is 0 Å². The van der Waals surface area contributed by atoms with Crippen LogP contribution in [0.5, 0.6) is 0 Å². The van der Waals surface area contributed by atoms with Crippen molar-refractivity contribution in [2.24, 2.45) is 0 Å². The van der Waals surface area contributed by atoms with Gasteiger partial charge in [-0.15, -0.1) is 0 Å². The average molecular weight is 258 g/mol. The van der Waals surface area contributed by atoms with E-state index in [0.717, 1.165) is 0 Å². The van der Waals surface area contributed by atoms with Crippen LogP contribution in [0.15, 0.2) is 0 Å². The zero-order chi connectivity index (χ0) is 8.20. The molecule has 0 unspecified atom stereocenters. The van der Waals surface area contributed by atoms with Gasteiger partial charge in [0.1, 0.15) is 10.2 Å². The van der Waals surface area contributed by atoms with Crippen LogP contribution in [0.2, 0.25) is 0 Å². The van der Waals surface area contributed by atoms with Gasteiger partial charge in [-0.05, 0) is 43.4 Å². The zero-order valence-electron chi connectivity index (χ0n) is 6.31. The van der Waals surface area contributed by atoms with Crippen LogP contribution in [0, 0.1) is 0 Å². The van der Waals surface area contributed by atoms with Crippen LogP contribution in [0.25, 0.3) is 0 Å². The Morgan fingerprint density at radius 1 is 1.50 bits per heavy atom. The molecule has 0 aliphatic rings. The van der Waals surface area contributed by atoms with Crippen molar-refractivity contribution in [2.75, 3.05) is 4.61 Å². The maximum atomic E-state index is 10.6. The van der Waals surface area contributed by atoms with E-state index in [0.29, 0.717) is 4.61 Å². The summed E-state index contributed by atoms with van der Waals surface area (Å²) in [5, 5.41) is 0. The molecule has 60 valence electrons. The highest BCUT2D eigenvalue weighted by atomic mass is 127. The lowest BCUT2D eigenvalue weighted by Crippen LogP contribution is -2.24. The summed E-state index contributed by atoms with van der Waals surface area (Å²) >= 11 is 1.93. The first-order valence-electron chi connectivity index (χ1n) is 2.87. The molecule has 0 aliphatic carbocycles. The smallest absolute Gasteiger partial charge is 0.429 e. The molecule has 4 heteroatoms. The Balaban J connectivity index is 3.58. The molecule has 0 saturated heterocycles. The number of alkyl halides is 1. The van der Waals surface area contributed by atoms with Crippen LogP contribution >= 0.6 is 22.6 Å². The molecule has 0 spiro atoms. The number of ether oxygens (including phenoxy) is 2. The van der Waals surface area contributed by atoms with E-state index in [2.05, 4.69) is 4.74 Å². The number of hydrogen-bond acceptors (Lipinski definition) is 3. The average Bonchev–Trinajstić information content (AvgIpc) is 1.59. The first kappa shape index (κ1) is 10.0. The van der Waals surface area contributed by atoms with Crippen LogP contribution in [0.3, 0.4) is 0 Å². The third-order valence-electron chi connectivity index (χ3n) is 0.562. The van der Waals surface area contributed by atoms with Crippen molar-refractivity contribution < 1.29 is 14.3 Å². The highest BCUT2D eigenvalue weighted by Gasteiger charge is 2.16. The topological polar surface area (TPSA) is 35.5 Å². The molecule has 0 saturated carbocycles. The van der Waals surface area contributed by atoms with E-state index < -0.39 is 11.8 Å². The Morgan fingerprint density at radius 2 is 2.00 bits per heavy atom. The lowest BCUT2D eigenvalue weighted by Gasteiger charge is -2.17. The summed E-state index contributed by atoms with van der Waals surface area (Å²) < 4.78 is 9.68. The standard InChI is InChI=1S/C6H11IO3/c1-6(2,3)10-5(8)9-4-7/h4H2,1-3H3. The lowest BCUT2D eigenvalue weighted by molar-refractivity contribution is 0.00220. The maximum absolute atomic E-state index is 10.6. The number of carbonyl (C=O) groups excluding carboxylic acids is 1. The van der Waals surface area contributed by atoms with Crippen molar-refractivity contribution in [1.29, 1.82) is 0 Å². The van der Waals surface area contributed by atoms with Crippen LogP contribution in [-0.4, -0.2) is 16.4 Å². The monoisotopic (exact) mass is 258 g/mol. The lowest BCUT2D eigenvalue weighted by atomic mass is 10.2. The molecule has 0 bridgehead atoms. The highest BCUT2D eigenvalue weighted by molar-refractivity contribution is 14.1. The van der Waals surface area contributed by atoms with Gasteiger partial charge >= 0.3 is 6.16 Å². The molecule has 0 aliphatic heterocycles. The summed E-state index contributed by atoms with van der Waals surface area (Å²) in [4.78, 5) is 10.6. The van der Waals surface area contributed by atoms with Gasteiger partial charge < -0.3 is 9.47 Å². The van der Waals surface area contributed by atoms with Gasteiger partial charge in [-0.1, -0.05) is 0 Å². The van der Waals surface area contributed by atoms with Crippen molar-refractivity contribution in [3.05, 3.63) is 0 Å². The first-order valence-corrected chi connectivity index (χ1v) is 4.40. The third-order valence-corrected chi connectivity index (χ3v) is 0.873. The minimum absolute atomic E-state index is 0.326. The third kappa shape index (κ3) is 6.12. The summed E-state index contributed by atoms with van der Waals surface area (Å²) in [6.45, 7) is 5.38. The van der Waals surface area contributed by atoms with Crippen LogP contribution < -0.4 is 0 Å². The minimum Gasteiger partial charge on any atom is -0.429 e. The predicted molar refractivity (Wildman–Crippen MR) is 46.2 cm³/mol. The Labute approximate surface area is 74.2 Å². The molecule has 10 heavy (non-hydrogen) atoms. The maximum Gasteiger partial charge on any atom is 0.509 e. The summed E-state index contributed by atoms with van der Waals surface area (Å²) in [6.07, 6.45) is -0.609. The van der Waals surface area contributed by atoms with Gasteiger partial charge in [0.2, 0.25) is 0 Å². The molecule has 0 heterocycles. The molecular formula is C6H11IO3. The van der Waals surface area contributed by atoms with Crippen molar-refractivity contribution >= 4 is 28.7 Å². The summed E-state index contributed by atoms with van der Waals surface area (Å²) in [5.41, 5.74) is -0.455. The minimum atomic E-state index is -0.609. The van der Waals surface area contributed by atoms with E-state index in [1.54, 1.807) is 20.8 Å². The van der Waals surface area contributed by atoms with Gasteiger partial charge in [-0.25, -0.2) is 4.79 Å². The SMILES string of the molecule is CC(C)(C)OC(=O)OCI. The van der Waals surface area contributed by atoms with Gasteiger partial charge in [0.05, 0.1) is 0 Å². The molecule has 0 atom stereocenters. The second-order valence-corrected chi connectivity index (χ2v) is 3.34. The molecule has 3 nitrogen and oxygen atoms in total. The number of carbonyl (C=O) groups is 1. The quantitative estimate of drug-likeness (QED) is 0.411. The van der Waals surface area contributed by atoms with E-state index in [1.165, 1.54) is 0 Å². The summed E-state index contributed by atoms with van der Waals surface area (Å²) in [7, 11) is 0.